The predicted molar refractivity (Wildman–Crippen MR) is 233 cm³/mol. The number of fused-ring (bicyclic) bond motifs is 6. The average Bonchev–Trinajstić information content (AvgIpc) is 3.63. The Morgan fingerprint density at radius 3 is 0.857 bits per heavy atom. The van der Waals surface area contributed by atoms with Crippen molar-refractivity contribution in [1.82, 2.24) is 9.13 Å². The molecule has 0 fully saturated rings. The van der Waals surface area contributed by atoms with Crippen molar-refractivity contribution >= 4 is 55.6 Å². The molecule has 0 atom stereocenters. The lowest BCUT2D eigenvalue weighted by atomic mass is 9.85. The van der Waals surface area contributed by atoms with Crippen LogP contribution in [0.25, 0.3) is 55.0 Å². The average molecular weight is 749 g/mol. The third kappa shape index (κ3) is 6.47. The number of ether oxygens (including phenoxy) is 2. The van der Waals surface area contributed by atoms with Crippen molar-refractivity contribution in [2.45, 2.75) is 105 Å². The summed E-state index contributed by atoms with van der Waals surface area (Å²) in [5.41, 5.74) is 10.1. The molecular weight excluding hydrogens is 693 g/mol. The minimum absolute atomic E-state index is 0.0764. The molecule has 0 saturated heterocycles. The Bertz CT molecular complexity index is 2400. The Hall–Kier alpha value is -5.36. The van der Waals surface area contributed by atoms with Gasteiger partial charge in [-0.1, -0.05) is 107 Å². The van der Waals surface area contributed by atoms with Crippen molar-refractivity contribution in [1.29, 1.82) is 0 Å². The molecule has 5 aromatic carbocycles. The second kappa shape index (κ2) is 13.1. The van der Waals surface area contributed by atoms with E-state index in [-0.39, 0.29) is 32.8 Å². The molecule has 2 aromatic heterocycles. The van der Waals surface area contributed by atoms with Gasteiger partial charge < -0.3 is 18.6 Å². The summed E-state index contributed by atoms with van der Waals surface area (Å²) in [6.45, 7) is 26.7. The minimum atomic E-state index is -0.545. The van der Waals surface area contributed by atoms with Crippen LogP contribution in [0, 0.1) is 0 Å². The Balaban J connectivity index is 1.67. The number of methoxy groups -OCH3 is 2. The number of carbonyl (C=O) groups excluding carboxylic acids is 2. The van der Waals surface area contributed by atoms with E-state index in [1.807, 2.05) is 6.07 Å². The summed E-state index contributed by atoms with van der Waals surface area (Å²) < 4.78 is 15.2. The van der Waals surface area contributed by atoms with Crippen LogP contribution in [0.4, 0.5) is 0 Å². The van der Waals surface area contributed by atoms with Gasteiger partial charge in [-0.3, -0.25) is 0 Å². The van der Waals surface area contributed by atoms with Gasteiger partial charge in [-0.05, 0) is 105 Å². The van der Waals surface area contributed by atoms with E-state index < -0.39 is 11.9 Å². The van der Waals surface area contributed by atoms with Gasteiger partial charge in [0.25, 0.3) is 0 Å². The summed E-state index contributed by atoms with van der Waals surface area (Å²) in [5.74, 6) is -1.09. The van der Waals surface area contributed by atoms with E-state index in [4.69, 9.17) is 9.47 Å². The van der Waals surface area contributed by atoms with Gasteiger partial charge in [-0.2, -0.15) is 0 Å². The molecule has 6 heteroatoms. The fourth-order valence-electron chi connectivity index (χ4n) is 7.93. The fraction of sp³-hybridized carbons (Fsp3) is 0.360. The van der Waals surface area contributed by atoms with E-state index >= 15 is 0 Å². The highest BCUT2D eigenvalue weighted by atomic mass is 16.5. The smallest absolute Gasteiger partial charge is 0.340 e. The van der Waals surface area contributed by atoms with E-state index in [0.717, 1.165) is 43.6 Å². The SMILES string of the molecule is COC(=O)c1cc(C(=O)OC)c(-n2c3ccc(C(C)(C)C)cc3c3cc(C(C)(C)C)ccc32)cc1-n1c2ccc(C(C)(C)C)cc2c2cc(C(C)(C)C)ccc21. The van der Waals surface area contributed by atoms with Crippen molar-refractivity contribution in [2.75, 3.05) is 14.2 Å². The molecule has 0 saturated carbocycles. The van der Waals surface area contributed by atoms with Crippen molar-refractivity contribution in [3.63, 3.8) is 0 Å². The first-order chi connectivity index (χ1) is 26.0. The van der Waals surface area contributed by atoms with Crippen LogP contribution in [0.3, 0.4) is 0 Å². The van der Waals surface area contributed by atoms with Gasteiger partial charge >= 0.3 is 11.9 Å². The Labute approximate surface area is 331 Å². The van der Waals surface area contributed by atoms with Gasteiger partial charge in [0.05, 0.1) is 58.8 Å². The molecule has 6 nitrogen and oxygen atoms in total. The van der Waals surface area contributed by atoms with Crippen LogP contribution in [0.1, 0.15) is 126 Å². The van der Waals surface area contributed by atoms with E-state index in [1.54, 1.807) is 6.07 Å². The molecule has 0 amide bonds. The second-order valence-electron chi connectivity index (χ2n) is 19.5. The highest BCUT2D eigenvalue weighted by Gasteiger charge is 2.29. The summed E-state index contributed by atoms with van der Waals surface area (Å²) in [6, 6.07) is 30.1. The van der Waals surface area contributed by atoms with Crippen LogP contribution in [-0.4, -0.2) is 35.3 Å². The predicted octanol–water partition coefficient (Wildman–Crippen LogP) is 12.6. The molecule has 0 unspecified atom stereocenters. The lowest BCUT2D eigenvalue weighted by molar-refractivity contribution is 0.0599. The maximum Gasteiger partial charge on any atom is 0.340 e. The van der Waals surface area contributed by atoms with Gasteiger partial charge in [0, 0.05) is 21.5 Å². The van der Waals surface area contributed by atoms with Gasteiger partial charge in [-0.15, -0.1) is 0 Å². The number of hydrogen-bond donors (Lipinski definition) is 0. The summed E-state index contributed by atoms with van der Waals surface area (Å²) in [5, 5.41) is 4.37. The second-order valence-corrected chi connectivity index (χ2v) is 19.5. The molecule has 0 spiro atoms. The Morgan fingerprint density at radius 1 is 0.393 bits per heavy atom. The van der Waals surface area contributed by atoms with Crippen molar-refractivity contribution in [3.05, 3.63) is 118 Å². The molecule has 0 aliphatic rings. The lowest BCUT2D eigenvalue weighted by Crippen LogP contribution is -2.15. The summed E-state index contributed by atoms with van der Waals surface area (Å²) in [6.07, 6.45) is 0. The third-order valence-electron chi connectivity index (χ3n) is 11.4. The monoisotopic (exact) mass is 748 g/mol. The number of carbonyl (C=O) groups is 2. The quantitative estimate of drug-likeness (QED) is 0.168. The van der Waals surface area contributed by atoms with Gasteiger partial charge in [0.2, 0.25) is 0 Å². The van der Waals surface area contributed by atoms with Crippen LogP contribution < -0.4 is 0 Å². The van der Waals surface area contributed by atoms with Crippen LogP contribution in [0.15, 0.2) is 84.9 Å². The van der Waals surface area contributed by atoms with Crippen molar-refractivity contribution < 1.29 is 19.1 Å². The highest BCUT2D eigenvalue weighted by molar-refractivity contribution is 6.13. The zero-order valence-corrected chi connectivity index (χ0v) is 35.6. The van der Waals surface area contributed by atoms with Gasteiger partial charge in [0.1, 0.15) is 0 Å². The van der Waals surface area contributed by atoms with Crippen LogP contribution in [-0.2, 0) is 31.1 Å². The number of aromatic nitrogens is 2. The van der Waals surface area contributed by atoms with E-state index in [2.05, 4.69) is 165 Å². The maximum atomic E-state index is 13.9. The van der Waals surface area contributed by atoms with Crippen LogP contribution >= 0.6 is 0 Å². The van der Waals surface area contributed by atoms with Gasteiger partial charge in [-0.25, -0.2) is 9.59 Å². The van der Waals surface area contributed by atoms with Gasteiger partial charge in [0.15, 0.2) is 0 Å². The first-order valence-corrected chi connectivity index (χ1v) is 19.6. The normalized spacial score (nSPS) is 13.0. The lowest BCUT2D eigenvalue weighted by Gasteiger charge is -2.21. The first-order valence-electron chi connectivity index (χ1n) is 19.6. The molecule has 0 N–H and O–H groups in total. The molecule has 0 aliphatic heterocycles. The third-order valence-corrected chi connectivity index (χ3v) is 11.4. The minimum Gasteiger partial charge on any atom is -0.465 e. The number of benzene rings is 5. The Kier molecular flexibility index (Phi) is 9.11. The van der Waals surface area contributed by atoms with E-state index in [0.29, 0.717) is 11.4 Å². The molecule has 0 radical (unpaired) electrons. The molecule has 0 bridgehead atoms. The standard InChI is InChI=1S/C50H56N2O4/c1-47(2,3)29-15-19-39-33(23-29)34-24-30(48(4,5)6)16-20-40(34)51(39)43-28-44(38(46(54)56-14)27-37(43)45(53)55-13)52-41-21-17-31(49(7,8)9)25-35(41)36-26-32(50(10,11)12)18-22-42(36)52/h15-28H,1-14H3. The van der Waals surface area contributed by atoms with Crippen LogP contribution in [0.2, 0.25) is 0 Å². The highest BCUT2D eigenvalue weighted by Crippen LogP contribution is 2.42. The first kappa shape index (κ1) is 38.9. The molecule has 7 aromatic rings. The fourth-order valence-corrected chi connectivity index (χ4v) is 7.93. The van der Waals surface area contributed by atoms with Crippen molar-refractivity contribution in [3.8, 4) is 11.4 Å². The van der Waals surface area contributed by atoms with E-state index in [1.165, 1.54) is 36.5 Å². The number of rotatable bonds is 4. The largest absolute Gasteiger partial charge is 0.465 e. The van der Waals surface area contributed by atoms with E-state index in [9.17, 15) is 9.59 Å². The number of esters is 2. The molecular formula is C50H56N2O4. The summed E-state index contributed by atoms with van der Waals surface area (Å²) in [4.78, 5) is 27.9. The van der Waals surface area contributed by atoms with Crippen molar-refractivity contribution in [2.24, 2.45) is 0 Å². The van der Waals surface area contributed by atoms with Crippen LogP contribution in [0.5, 0.6) is 0 Å². The maximum absolute atomic E-state index is 13.9. The molecule has 7 rings (SSSR count). The zero-order valence-electron chi connectivity index (χ0n) is 35.6. The topological polar surface area (TPSA) is 62.5 Å². The molecule has 0 aliphatic carbocycles. The number of nitrogens with zero attached hydrogens (tertiary/aromatic N) is 2. The number of hydrogen-bond acceptors (Lipinski definition) is 4. The molecule has 290 valence electrons. The molecule has 56 heavy (non-hydrogen) atoms. The molecule has 2 heterocycles. The zero-order chi connectivity index (χ0) is 40.9. The summed E-state index contributed by atoms with van der Waals surface area (Å²) in [7, 11) is 2.75. The summed E-state index contributed by atoms with van der Waals surface area (Å²) >= 11 is 0. The Morgan fingerprint density at radius 2 is 0.643 bits per heavy atom.